The zero-order valence-corrected chi connectivity index (χ0v) is 18.0. The van der Waals surface area contributed by atoms with Crippen molar-refractivity contribution >= 4 is 51.3 Å². The number of hydrogen-bond donors (Lipinski definition) is 3. The van der Waals surface area contributed by atoms with Gasteiger partial charge in [0.25, 0.3) is 5.69 Å². The van der Waals surface area contributed by atoms with Crippen molar-refractivity contribution < 1.29 is 18.1 Å². The lowest BCUT2D eigenvalue weighted by molar-refractivity contribution is -0.385. The third kappa shape index (κ3) is 6.94. The molecule has 0 spiro atoms. The number of nitrogens with zero attached hydrogens (tertiary/aromatic N) is 2. The van der Waals surface area contributed by atoms with Crippen molar-refractivity contribution in [2.45, 2.75) is 4.90 Å². The van der Waals surface area contributed by atoms with Gasteiger partial charge in [0.15, 0.2) is 5.96 Å². The number of non-ortho nitro benzene ring substituents is 1. The van der Waals surface area contributed by atoms with Crippen molar-refractivity contribution in [2.75, 3.05) is 25.5 Å². The Morgan fingerprint density at radius 2 is 1.93 bits per heavy atom. The van der Waals surface area contributed by atoms with Crippen LogP contribution in [0.2, 0.25) is 0 Å². The number of methoxy groups -OCH3 is 1. The van der Waals surface area contributed by atoms with Crippen LogP contribution in [0.15, 0.2) is 58.4 Å². The second-order valence-corrected chi connectivity index (χ2v) is 7.04. The SMILES string of the molecule is COc1ccc(NC(N)=NCCNS(=O)(=O)c2cccc([N+](=O)[O-])c2)cc1.I. The van der Waals surface area contributed by atoms with Gasteiger partial charge < -0.3 is 15.8 Å². The molecule has 0 aliphatic heterocycles. The molecule has 0 saturated carbocycles. The highest BCUT2D eigenvalue weighted by atomic mass is 127. The van der Waals surface area contributed by atoms with Gasteiger partial charge in [0.2, 0.25) is 10.0 Å². The van der Waals surface area contributed by atoms with Crippen LogP contribution >= 0.6 is 24.0 Å². The molecule has 2 rings (SSSR count). The summed E-state index contributed by atoms with van der Waals surface area (Å²) in [5, 5.41) is 13.6. The van der Waals surface area contributed by atoms with Gasteiger partial charge in [0.1, 0.15) is 5.75 Å². The van der Waals surface area contributed by atoms with E-state index < -0.39 is 14.9 Å². The van der Waals surface area contributed by atoms with Gasteiger partial charge in [-0.05, 0) is 30.3 Å². The highest BCUT2D eigenvalue weighted by Crippen LogP contribution is 2.17. The summed E-state index contributed by atoms with van der Waals surface area (Å²) in [6.07, 6.45) is 0. The summed E-state index contributed by atoms with van der Waals surface area (Å²) in [7, 11) is -2.32. The summed E-state index contributed by atoms with van der Waals surface area (Å²) >= 11 is 0. The number of benzene rings is 2. The molecule has 2 aromatic carbocycles. The lowest BCUT2D eigenvalue weighted by Crippen LogP contribution is -2.28. The monoisotopic (exact) mass is 521 g/mol. The summed E-state index contributed by atoms with van der Waals surface area (Å²) in [6, 6.07) is 11.8. The van der Waals surface area contributed by atoms with E-state index in [1.54, 1.807) is 31.4 Å². The number of sulfonamides is 1. The first-order valence-corrected chi connectivity index (χ1v) is 9.25. The van der Waals surface area contributed by atoms with Crippen LogP contribution in [0, 0.1) is 10.1 Å². The number of hydrogen-bond acceptors (Lipinski definition) is 6. The molecule has 0 atom stereocenters. The maximum atomic E-state index is 12.2. The maximum absolute atomic E-state index is 12.2. The number of aliphatic imine (C=N–C) groups is 1. The van der Waals surface area contributed by atoms with Crippen LogP contribution in [0.25, 0.3) is 0 Å². The van der Waals surface area contributed by atoms with Crippen LogP contribution < -0.4 is 20.5 Å². The quantitative estimate of drug-likeness (QED) is 0.120. The number of rotatable bonds is 8. The van der Waals surface area contributed by atoms with Gasteiger partial charge in [-0.1, -0.05) is 6.07 Å². The van der Waals surface area contributed by atoms with Gasteiger partial charge in [-0.2, -0.15) is 0 Å². The maximum Gasteiger partial charge on any atom is 0.270 e. The van der Waals surface area contributed by atoms with Gasteiger partial charge in [-0.3, -0.25) is 15.1 Å². The molecule has 4 N–H and O–H groups in total. The van der Waals surface area contributed by atoms with E-state index in [2.05, 4.69) is 15.0 Å². The minimum atomic E-state index is -3.88. The average molecular weight is 521 g/mol. The molecule has 152 valence electrons. The van der Waals surface area contributed by atoms with Gasteiger partial charge >= 0.3 is 0 Å². The number of nitro benzene ring substituents is 1. The van der Waals surface area contributed by atoms with E-state index in [1.807, 2.05) is 0 Å². The molecule has 12 heteroatoms. The van der Waals surface area contributed by atoms with Crippen LogP contribution in [0.3, 0.4) is 0 Å². The number of anilines is 1. The standard InChI is InChI=1S/C16H19N5O5S.HI/c1-26-14-7-5-12(6-8-14)20-16(17)18-9-10-19-27(24,25)15-4-2-3-13(11-15)21(22)23;/h2-8,11,19H,9-10H2,1H3,(H3,17,18,20);1H. The Balaban J connectivity index is 0.00000392. The van der Waals surface area contributed by atoms with Gasteiger partial charge in [0, 0.05) is 24.4 Å². The number of halogens is 1. The number of nitrogens with one attached hydrogen (secondary N) is 2. The first kappa shape index (κ1) is 23.6. The highest BCUT2D eigenvalue weighted by molar-refractivity contribution is 14.0. The summed E-state index contributed by atoms with van der Waals surface area (Å²) in [5.74, 6) is 0.821. The Morgan fingerprint density at radius 1 is 1.25 bits per heavy atom. The molecule has 0 fully saturated rings. The molecule has 0 aliphatic carbocycles. The Bertz CT molecular complexity index is 935. The molecule has 0 aliphatic rings. The van der Waals surface area contributed by atoms with E-state index in [4.69, 9.17) is 10.5 Å². The summed E-state index contributed by atoms with van der Waals surface area (Å²) in [5.41, 5.74) is 6.15. The van der Waals surface area contributed by atoms with E-state index in [9.17, 15) is 18.5 Å². The second kappa shape index (κ2) is 10.8. The van der Waals surface area contributed by atoms with Gasteiger partial charge in [-0.15, -0.1) is 24.0 Å². The van der Waals surface area contributed by atoms with Crippen molar-refractivity contribution in [3.8, 4) is 5.75 Å². The molecule has 0 bridgehead atoms. The topological polar surface area (TPSA) is 149 Å². The van der Waals surface area contributed by atoms with E-state index in [0.29, 0.717) is 11.4 Å². The van der Waals surface area contributed by atoms with Crippen molar-refractivity contribution in [3.05, 3.63) is 58.6 Å². The third-order valence-electron chi connectivity index (χ3n) is 3.39. The largest absolute Gasteiger partial charge is 0.497 e. The predicted molar refractivity (Wildman–Crippen MR) is 117 cm³/mol. The Morgan fingerprint density at radius 3 is 2.54 bits per heavy atom. The summed E-state index contributed by atoms with van der Waals surface area (Å²) in [4.78, 5) is 13.9. The normalized spacial score (nSPS) is 11.4. The minimum absolute atomic E-state index is 0. The van der Waals surface area contributed by atoms with Crippen molar-refractivity contribution in [3.63, 3.8) is 0 Å². The van der Waals surface area contributed by atoms with E-state index in [-0.39, 0.29) is 53.6 Å². The molecule has 0 aromatic heterocycles. The minimum Gasteiger partial charge on any atom is -0.497 e. The van der Waals surface area contributed by atoms with Crippen LogP contribution in [-0.4, -0.2) is 39.5 Å². The fraction of sp³-hybridized carbons (Fsp3) is 0.188. The lowest BCUT2D eigenvalue weighted by atomic mass is 10.3. The van der Waals surface area contributed by atoms with E-state index in [0.717, 1.165) is 6.07 Å². The van der Waals surface area contributed by atoms with Gasteiger partial charge in [-0.25, -0.2) is 13.1 Å². The van der Waals surface area contributed by atoms with E-state index in [1.165, 1.54) is 18.2 Å². The molecular weight excluding hydrogens is 501 g/mol. The second-order valence-electron chi connectivity index (χ2n) is 5.27. The van der Waals surface area contributed by atoms with E-state index >= 15 is 0 Å². The third-order valence-corrected chi connectivity index (χ3v) is 4.85. The zero-order chi connectivity index (χ0) is 19.9. The summed E-state index contributed by atoms with van der Waals surface area (Å²) < 4.78 is 31.7. The van der Waals surface area contributed by atoms with Crippen molar-refractivity contribution in [2.24, 2.45) is 10.7 Å². The molecule has 2 aromatic rings. The zero-order valence-electron chi connectivity index (χ0n) is 14.9. The van der Waals surface area contributed by atoms with Crippen LogP contribution in [-0.2, 0) is 10.0 Å². The predicted octanol–water partition coefficient (Wildman–Crippen LogP) is 1.93. The Labute approximate surface area is 179 Å². The molecule has 28 heavy (non-hydrogen) atoms. The lowest BCUT2D eigenvalue weighted by Gasteiger charge is -2.08. The Hall–Kier alpha value is -2.45. The first-order valence-electron chi connectivity index (χ1n) is 7.77. The first-order chi connectivity index (χ1) is 12.8. The van der Waals surface area contributed by atoms with Crippen LogP contribution in [0.5, 0.6) is 5.75 Å². The molecule has 0 amide bonds. The fourth-order valence-corrected chi connectivity index (χ4v) is 3.13. The van der Waals surface area contributed by atoms with Crippen LogP contribution in [0.1, 0.15) is 0 Å². The molecule has 0 saturated heterocycles. The van der Waals surface area contributed by atoms with Crippen molar-refractivity contribution in [1.82, 2.24) is 4.72 Å². The van der Waals surface area contributed by atoms with Crippen LogP contribution in [0.4, 0.5) is 11.4 Å². The summed E-state index contributed by atoms with van der Waals surface area (Å²) in [6.45, 7) is 0.0686. The molecule has 0 unspecified atom stereocenters. The molecule has 0 radical (unpaired) electrons. The highest BCUT2D eigenvalue weighted by Gasteiger charge is 2.16. The molecule has 0 heterocycles. The average Bonchev–Trinajstić information content (AvgIpc) is 2.66. The smallest absolute Gasteiger partial charge is 0.270 e. The number of nitro groups is 1. The number of guanidine groups is 1. The van der Waals surface area contributed by atoms with Crippen molar-refractivity contribution in [1.29, 1.82) is 0 Å². The number of nitrogens with two attached hydrogens (primary N) is 1. The molecular formula is C16H20IN5O5S. The van der Waals surface area contributed by atoms with Gasteiger partial charge in [0.05, 0.1) is 23.5 Å². The Kier molecular flexibility index (Phi) is 9.08. The fourth-order valence-electron chi connectivity index (χ4n) is 2.07. The number of ether oxygens (including phenoxy) is 1. The molecule has 10 nitrogen and oxygen atoms in total.